The van der Waals surface area contributed by atoms with E-state index >= 15 is 0 Å². The first-order chi connectivity index (χ1) is 5.27. The van der Waals surface area contributed by atoms with Gasteiger partial charge in [-0.15, -0.1) is 0 Å². The van der Waals surface area contributed by atoms with E-state index in [0.29, 0.717) is 5.82 Å². The van der Waals surface area contributed by atoms with Crippen molar-refractivity contribution in [1.82, 2.24) is 4.98 Å². The number of nitrogens with zero attached hydrogens (tertiary/aromatic N) is 1. The van der Waals surface area contributed by atoms with E-state index in [9.17, 15) is 4.39 Å². The van der Waals surface area contributed by atoms with Crippen LogP contribution in [0.5, 0.6) is 5.75 Å². The van der Waals surface area contributed by atoms with E-state index in [-0.39, 0.29) is 5.75 Å². The molecule has 0 aliphatic heterocycles. The lowest BCUT2D eigenvalue weighted by Gasteiger charge is -2.02. The fraction of sp³-hybridized carbons (Fsp3) is 0.286. The van der Waals surface area contributed by atoms with E-state index < -0.39 is 5.82 Å². The van der Waals surface area contributed by atoms with Gasteiger partial charge in [-0.25, -0.2) is 9.37 Å². The van der Waals surface area contributed by atoms with Crippen molar-refractivity contribution in [1.29, 1.82) is 0 Å². The van der Waals surface area contributed by atoms with Crippen molar-refractivity contribution in [3.05, 3.63) is 18.1 Å². The van der Waals surface area contributed by atoms with Crippen molar-refractivity contribution in [2.75, 3.05) is 19.5 Å². The number of aromatic nitrogens is 1. The summed E-state index contributed by atoms with van der Waals surface area (Å²) in [5.74, 6) is 0.333. The van der Waals surface area contributed by atoms with Crippen LogP contribution < -0.4 is 10.1 Å². The second-order valence-electron chi connectivity index (χ2n) is 1.95. The van der Waals surface area contributed by atoms with Crippen LogP contribution in [-0.4, -0.2) is 19.1 Å². The Balaban J connectivity index is 3.02. The normalized spacial score (nSPS) is 9.36. The highest BCUT2D eigenvalue weighted by atomic mass is 19.1. The zero-order valence-corrected chi connectivity index (χ0v) is 6.39. The van der Waals surface area contributed by atoms with Crippen LogP contribution in [0.25, 0.3) is 0 Å². The predicted molar refractivity (Wildman–Crippen MR) is 40.3 cm³/mol. The third-order valence-electron chi connectivity index (χ3n) is 1.30. The standard InChI is InChI=1S/C7H9FN2O/c1-9-7-3-6(11-2)5(8)4-10-7/h3-4H,1-2H3,(H,9,10). The molecule has 0 amide bonds. The Morgan fingerprint density at radius 1 is 1.64 bits per heavy atom. The molecule has 0 radical (unpaired) electrons. The summed E-state index contributed by atoms with van der Waals surface area (Å²) >= 11 is 0. The minimum absolute atomic E-state index is 0.198. The zero-order valence-electron chi connectivity index (χ0n) is 6.39. The molecule has 0 atom stereocenters. The van der Waals surface area contributed by atoms with E-state index in [1.165, 1.54) is 13.2 Å². The first-order valence-electron chi connectivity index (χ1n) is 3.15. The second kappa shape index (κ2) is 3.18. The van der Waals surface area contributed by atoms with Gasteiger partial charge in [-0.3, -0.25) is 0 Å². The predicted octanol–water partition coefficient (Wildman–Crippen LogP) is 1.27. The summed E-state index contributed by atoms with van der Waals surface area (Å²) < 4.78 is 17.4. The lowest BCUT2D eigenvalue weighted by atomic mass is 10.4. The van der Waals surface area contributed by atoms with Crippen LogP contribution in [0.3, 0.4) is 0 Å². The van der Waals surface area contributed by atoms with Gasteiger partial charge in [0, 0.05) is 13.1 Å². The summed E-state index contributed by atoms with van der Waals surface area (Å²) in [6.07, 6.45) is 1.12. The molecule has 0 spiro atoms. The molecule has 0 fully saturated rings. The molecule has 0 aliphatic rings. The topological polar surface area (TPSA) is 34.1 Å². The van der Waals surface area contributed by atoms with Crippen molar-refractivity contribution in [2.24, 2.45) is 0 Å². The van der Waals surface area contributed by atoms with Gasteiger partial charge in [-0.1, -0.05) is 0 Å². The Kier molecular flexibility index (Phi) is 2.25. The average molecular weight is 156 g/mol. The fourth-order valence-electron chi connectivity index (χ4n) is 0.713. The maximum atomic E-state index is 12.7. The Hall–Kier alpha value is -1.32. The molecule has 60 valence electrons. The highest BCUT2D eigenvalue weighted by molar-refractivity contribution is 5.40. The van der Waals surface area contributed by atoms with Crippen molar-refractivity contribution in [3.63, 3.8) is 0 Å². The summed E-state index contributed by atoms with van der Waals surface area (Å²) in [7, 11) is 3.12. The smallest absolute Gasteiger partial charge is 0.183 e. The fourth-order valence-corrected chi connectivity index (χ4v) is 0.713. The van der Waals surface area contributed by atoms with E-state index in [1.54, 1.807) is 7.05 Å². The molecule has 0 aromatic carbocycles. The molecule has 0 bridgehead atoms. The average Bonchev–Trinajstić information content (AvgIpc) is 2.05. The Bertz CT molecular complexity index is 252. The molecular weight excluding hydrogens is 147 g/mol. The van der Waals surface area contributed by atoms with Crippen LogP contribution in [0.15, 0.2) is 12.3 Å². The molecule has 0 saturated heterocycles. The van der Waals surface area contributed by atoms with Gasteiger partial charge in [-0.2, -0.15) is 0 Å². The summed E-state index contributed by atoms with van der Waals surface area (Å²) in [6, 6.07) is 1.50. The number of pyridine rings is 1. The number of halogens is 1. The second-order valence-corrected chi connectivity index (χ2v) is 1.95. The Labute approximate surface area is 64.2 Å². The lowest BCUT2D eigenvalue weighted by molar-refractivity contribution is 0.385. The van der Waals surface area contributed by atoms with E-state index in [4.69, 9.17) is 4.74 Å². The molecule has 1 rings (SSSR count). The van der Waals surface area contributed by atoms with Crippen LogP contribution in [0.4, 0.5) is 10.2 Å². The van der Waals surface area contributed by atoms with Crippen molar-refractivity contribution in [2.45, 2.75) is 0 Å². The minimum Gasteiger partial charge on any atom is -0.493 e. The van der Waals surface area contributed by atoms with Crippen LogP contribution in [0.1, 0.15) is 0 Å². The quantitative estimate of drug-likeness (QED) is 0.700. The molecule has 1 aromatic rings. The van der Waals surface area contributed by atoms with Crippen LogP contribution in [-0.2, 0) is 0 Å². The molecule has 1 heterocycles. The third kappa shape index (κ3) is 1.58. The van der Waals surface area contributed by atoms with Gasteiger partial charge < -0.3 is 10.1 Å². The van der Waals surface area contributed by atoms with Gasteiger partial charge in [0.25, 0.3) is 0 Å². The molecule has 0 saturated carbocycles. The Morgan fingerprint density at radius 3 is 2.91 bits per heavy atom. The molecule has 4 heteroatoms. The van der Waals surface area contributed by atoms with Crippen molar-refractivity contribution >= 4 is 5.82 Å². The summed E-state index contributed by atoms with van der Waals surface area (Å²) in [5, 5.41) is 2.77. The molecule has 0 unspecified atom stereocenters. The number of nitrogens with one attached hydrogen (secondary N) is 1. The molecule has 1 N–H and O–H groups in total. The largest absolute Gasteiger partial charge is 0.493 e. The van der Waals surface area contributed by atoms with Crippen LogP contribution in [0.2, 0.25) is 0 Å². The monoisotopic (exact) mass is 156 g/mol. The van der Waals surface area contributed by atoms with Crippen molar-refractivity contribution < 1.29 is 9.13 Å². The molecule has 11 heavy (non-hydrogen) atoms. The zero-order chi connectivity index (χ0) is 8.27. The van der Waals surface area contributed by atoms with Gasteiger partial charge in [0.2, 0.25) is 0 Å². The van der Waals surface area contributed by atoms with Gasteiger partial charge in [0.05, 0.1) is 13.3 Å². The van der Waals surface area contributed by atoms with Crippen LogP contribution >= 0.6 is 0 Å². The lowest BCUT2D eigenvalue weighted by Crippen LogP contribution is -1.95. The van der Waals surface area contributed by atoms with E-state index in [1.807, 2.05) is 0 Å². The Morgan fingerprint density at radius 2 is 2.36 bits per heavy atom. The highest BCUT2D eigenvalue weighted by Crippen LogP contribution is 2.17. The van der Waals surface area contributed by atoms with Gasteiger partial charge >= 0.3 is 0 Å². The van der Waals surface area contributed by atoms with Crippen LogP contribution in [0, 0.1) is 5.82 Å². The van der Waals surface area contributed by atoms with Gasteiger partial charge in [0.15, 0.2) is 11.6 Å². The molecule has 0 aliphatic carbocycles. The van der Waals surface area contributed by atoms with E-state index in [2.05, 4.69) is 10.3 Å². The number of methoxy groups -OCH3 is 1. The maximum absolute atomic E-state index is 12.7. The highest BCUT2D eigenvalue weighted by Gasteiger charge is 2.02. The number of rotatable bonds is 2. The van der Waals surface area contributed by atoms with Crippen molar-refractivity contribution in [3.8, 4) is 5.75 Å². The molecule has 3 nitrogen and oxygen atoms in total. The first kappa shape index (κ1) is 7.78. The van der Waals surface area contributed by atoms with Gasteiger partial charge in [0.1, 0.15) is 5.82 Å². The van der Waals surface area contributed by atoms with Gasteiger partial charge in [-0.05, 0) is 0 Å². The number of ether oxygens (including phenoxy) is 1. The number of anilines is 1. The summed E-state index contributed by atoms with van der Waals surface area (Å²) in [4.78, 5) is 3.74. The number of hydrogen-bond donors (Lipinski definition) is 1. The SMILES string of the molecule is CNc1cc(OC)c(F)cn1. The first-order valence-corrected chi connectivity index (χ1v) is 3.15. The minimum atomic E-state index is -0.452. The maximum Gasteiger partial charge on any atom is 0.183 e. The number of hydrogen-bond acceptors (Lipinski definition) is 3. The molecular formula is C7H9FN2O. The third-order valence-corrected chi connectivity index (χ3v) is 1.30. The van der Waals surface area contributed by atoms with E-state index in [0.717, 1.165) is 6.20 Å². The molecule has 1 aromatic heterocycles. The summed E-state index contributed by atoms with van der Waals surface area (Å²) in [6.45, 7) is 0. The summed E-state index contributed by atoms with van der Waals surface area (Å²) in [5.41, 5.74) is 0.